The lowest BCUT2D eigenvalue weighted by molar-refractivity contribution is -0.114. The lowest BCUT2D eigenvalue weighted by Gasteiger charge is -2.12. The standard InChI is InChI=1S/C18H14Br2N2O3/c1-10-13(18(24)22(21-10)12-6-4-3-5-7-12)8-11-9-14(25-2)17(23)16(20)15(11)19/h3-9,23H,1-2H3/b13-8+. The third-order valence-corrected chi connectivity index (χ3v) is 5.92. The van der Waals surface area contributed by atoms with Crippen molar-refractivity contribution >= 4 is 55.2 Å². The SMILES string of the molecule is COc1cc(/C=C2/C(=O)N(c3ccccc3)N=C2C)c(Br)c(Br)c1O. The number of methoxy groups -OCH3 is 1. The average Bonchev–Trinajstić information content (AvgIpc) is 2.91. The van der Waals surface area contributed by atoms with E-state index in [1.807, 2.05) is 30.3 Å². The molecule has 0 atom stereocenters. The maximum absolute atomic E-state index is 12.8. The summed E-state index contributed by atoms with van der Waals surface area (Å²) in [6, 6.07) is 10.9. The van der Waals surface area contributed by atoms with Gasteiger partial charge in [-0.15, -0.1) is 0 Å². The van der Waals surface area contributed by atoms with E-state index in [2.05, 4.69) is 37.0 Å². The normalized spacial score (nSPS) is 15.7. The number of hydrogen-bond acceptors (Lipinski definition) is 4. The average molecular weight is 466 g/mol. The molecule has 0 unspecified atom stereocenters. The van der Waals surface area contributed by atoms with Gasteiger partial charge < -0.3 is 9.84 Å². The summed E-state index contributed by atoms with van der Waals surface area (Å²) >= 11 is 6.75. The number of phenols is 1. The van der Waals surface area contributed by atoms with Gasteiger partial charge in [0.2, 0.25) is 0 Å². The van der Waals surface area contributed by atoms with Crippen LogP contribution in [-0.2, 0) is 4.79 Å². The Morgan fingerprint density at radius 1 is 1.20 bits per heavy atom. The second-order valence-corrected chi connectivity index (χ2v) is 6.93. The van der Waals surface area contributed by atoms with Crippen molar-refractivity contribution in [1.82, 2.24) is 0 Å². The van der Waals surface area contributed by atoms with Crippen molar-refractivity contribution in [2.45, 2.75) is 6.92 Å². The number of ether oxygens (including phenoxy) is 1. The van der Waals surface area contributed by atoms with E-state index in [0.29, 0.717) is 37.2 Å². The minimum atomic E-state index is -0.209. The van der Waals surface area contributed by atoms with Crippen molar-refractivity contribution in [3.8, 4) is 11.5 Å². The second kappa shape index (κ2) is 7.01. The Hall–Kier alpha value is -2.12. The molecule has 1 aliphatic heterocycles. The monoisotopic (exact) mass is 464 g/mol. The van der Waals surface area contributed by atoms with Gasteiger partial charge in [0.1, 0.15) is 0 Å². The van der Waals surface area contributed by atoms with Crippen molar-refractivity contribution < 1.29 is 14.6 Å². The maximum Gasteiger partial charge on any atom is 0.280 e. The van der Waals surface area contributed by atoms with Crippen LogP contribution in [0.3, 0.4) is 0 Å². The fraction of sp³-hybridized carbons (Fsp3) is 0.111. The number of phenolic OH excluding ortho intramolecular Hbond substituents is 1. The number of amides is 1. The number of hydrogen-bond donors (Lipinski definition) is 1. The fourth-order valence-corrected chi connectivity index (χ4v) is 3.30. The molecule has 3 rings (SSSR count). The van der Waals surface area contributed by atoms with Crippen molar-refractivity contribution in [2.24, 2.45) is 5.10 Å². The number of aromatic hydroxyl groups is 1. The highest BCUT2D eigenvalue weighted by molar-refractivity contribution is 9.13. The molecule has 5 nitrogen and oxygen atoms in total. The van der Waals surface area contributed by atoms with Crippen LogP contribution in [0.25, 0.3) is 6.08 Å². The quantitative estimate of drug-likeness (QED) is 0.666. The Bertz CT molecular complexity index is 908. The molecule has 0 fully saturated rings. The molecule has 0 saturated heterocycles. The van der Waals surface area contributed by atoms with Crippen LogP contribution in [0.4, 0.5) is 5.69 Å². The highest BCUT2D eigenvalue weighted by Gasteiger charge is 2.29. The summed E-state index contributed by atoms with van der Waals surface area (Å²) in [5, 5.41) is 15.8. The number of benzene rings is 2. The Kier molecular flexibility index (Phi) is 4.96. The minimum Gasteiger partial charge on any atom is -0.503 e. The van der Waals surface area contributed by atoms with Crippen LogP contribution >= 0.6 is 31.9 Å². The van der Waals surface area contributed by atoms with Gasteiger partial charge in [0.25, 0.3) is 5.91 Å². The van der Waals surface area contributed by atoms with Gasteiger partial charge in [0.05, 0.1) is 28.6 Å². The molecule has 25 heavy (non-hydrogen) atoms. The number of hydrazone groups is 1. The lowest BCUT2D eigenvalue weighted by Crippen LogP contribution is -2.21. The van der Waals surface area contributed by atoms with Gasteiger partial charge in [-0.1, -0.05) is 18.2 Å². The number of rotatable bonds is 3. The zero-order valence-corrected chi connectivity index (χ0v) is 16.6. The molecule has 0 spiro atoms. The Morgan fingerprint density at radius 3 is 2.52 bits per heavy atom. The smallest absolute Gasteiger partial charge is 0.280 e. The third kappa shape index (κ3) is 3.21. The van der Waals surface area contributed by atoms with Gasteiger partial charge >= 0.3 is 0 Å². The van der Waals surface area contributed by atoms with Crippen molar-refractivity contribution in [1.29, 1.82) is 0 Å². The predicted octanol–water partition coefficient (Wildman–Crippen LogP) is 4.73. The summed E-state index contributed by atoms with van der Waals surface area (Å²) in [5.74, 6) is 0.0891. The summed E-state index contributed by atoms with van der Waals surface area (Å²) in [7, 11) is 1.47. The molecule has 0 aromatic heterocycles. The van der Waals surface area contributed by atoms with Gasteiger partial charge in [-0.3, -0.25) is 4.79 Å². The van der Waals surface area contributed by atoms with Crippen molar-refractivity contribution in [3.05, 3.63) is 56.5 Å². The molecule has 1 amide bonds. The largest absolute Gasteiger partial charge is 0.503 e. The first-order valence-corrected chi connectivity index (χ1v) is 8.94. The van der Waals surface area contributed by atoms with Gasteiger partial charge in [-0.25, -0.2) is 0 Å². The molecule has 128 valence electrons. The van der Waals surface area contributed by atoms with Crippen LogP contribution in [0.2, 0.25) is 0 Å². The Labute approximate surface area is 161 Å². The predicted molar refractivity (Wildman–Crippen MR) is 105 cm³/mol. The summed E-state index contributed by atoms with van der Waals surface area (Å²) in [6.07, 6.45) is 1.72. The van der Waals surface area contributed by atoms with E-state index in [1.54, 1.807) is 19.1 Å². The molecule has 1 N–H and O–H groups in total. The first-order chi connectivity index (χ1) is 11.9. The zero-order valence-electron chi connectivity index (χ0n) is 13.5. The Balaban J connectivity index is 2.05. The van der Waals surface area contributed by atoms with Gasteiger partial charge in [-0.05, 0) is 68.6 Å². The van der Waals surface area contributed by atoms with E-state index in [9.17, 15) is 9.90 Å². The van der Waals surface area contributed by atoms with Crippen LogP contribution < -0.4 is 9.75 Å². The first kappa shape index (κ1) is 17.7. The van der Waals surface area contributed by atoms with E-state index in [0.717, 1.165) is 0 Å². The Morgan fingerprint density at radius 2 is 1.88 bits per heavy atom. The van der Waals surface area contributed by atoms with E-state index < -0.39 is 0 Å². The molecule has 1 heterocycles. The van der Waals surface area contributed by atoms with Crippen LogP contribution in [-0.4, -0.2) is 23.8 Å². The second-order valence-electron chi connectivity index (χ2n) is 5.34. The van der Waals surface area contributed by atoms with Gasteiger partial charge in [-0.2, -0.15) is 10.1 Å². The van der Waals surface area contributed by atoms with Crippen LogP contribution in [0, 0.1) is 0 Å². The zero-order chi connectivity index (χ0) is 18.1. The molecule has 2 aromatic carbocycles. The van der Waals surface area contributed by atoms with Crippen LogP contribution in [0.5, 0.6) is 11.5 Å². The number of nitrogens with zero attached hydrogens (tertiary/aromatic N) is 2. The highest BCUT2D eigenvalue weighted by Crippen LogP contribution is 2.42. The highest BCUT2D eigenvalue weighted by atomic mass is 79.9. The topological polar surface area (TPSA) is 62.1 Å². The summed E-state index contributed by atoms with van der Waals surface area (Å²) in [4.78, 5) is 12.8. The number of carbonyl (C=O) groups excluding carboxylic acids is 1. The van der Waals surface area contributed by atoms with Crippen molar-refractivity contribution in [2.75, 3.05) is 12.1 Å². The van der Waals surface area contributed by atoms with E-state index in [4.69, 9.17) is 4.74 Å². The molecule has 0 aliphatic carbocycles. The molecule has 0 saturated carbocycles. The van der Waals surface area contributed by atoms with Crippen LogP contribution in [0.15, 0.2) is 56.0 Å². The number of para-hydroxylation sites is 1. The number of anilines is 1. The summed E-state index contributed by atoms with van der Waals surface area (Å²) in [6.45, 7) is 1.78. The van der Waals surface area contributed by atoms with Gasteiger partial charge in [0.15, 0.2) is 11.5 Å². The molecule has 2 aromatic rings. The molecule has 0 radical (unpaired) electrons. The summed E-state index contributed by atoms with van der Waals surface area (Å²) in [5.41, 5.74) is 2.49. The molecule has 7 heteroatoms. The third-order valence-electron chi connectivity index (χ3n) is 3.76. The van der Waals surface area contributed by atoms with E-state index in [-0.39, 0.29) is 11.7 Å². The molecule has 1 aliphatic rings. The maximum atomic E-state index is 12.8. The summed E-state index contributed by atoms with van der Waals surface area (Å²) < 4.78 is 6.25. The van der Waals surface area contributed by atoms with Gasteiger partial charge in [0, 0.05) is 4.47 Å². The van der Waals surface area contributed by atoms with Crippen molar-refractivity contribution in [3.63, 3.8) is 0 Å². The molecular weight excluding hydrogens is 452 g/mol. The van der Waals surface area contributed by atoms with Crippen LogP contribution in [0.1, 0.15) is 12.5 Å². The molecular formula is C18H14Br2N2O3. The fourth-order valence-electron chi connectivity index (χ4n) is 2.46. The van der Waals surface area contributed by atoms with E-state index in [1.165, 1.54) is 12.1 Å². The lowest BCUT2D eigenvalue weighted by atomic mass is 10.1. The van der Waals surface area contributed by atoms with E-state index >= 15 is 0 Å². The number of carbonyl (C=O) groups is 1. The number of halogens is 2. The first-order valence-electron chi connectivity index (χ1n) is 7.35. The minimum absolute atomic E-state index is 0.00873. The molecule has 0 bridgehead atoms.